The molecule has 0 aliphatic carbocycles. The van der Waals surface area contributed by atoms with Crippen molar-refractivity contribution in [2.45, 2.75) is 31.3 Å². The predicted octanol–water partition coefficient (Wildman–Crippen LogP) is 1.90. The molecular weight excluding hydrogens is 332 g/mol. The van der Waals surface area contributed by atoms with Gasteiger partial charge in [-0.3, -0.25) is 4.79 Å². The SMILES string of the molecule is COc1ccc(C(=O)NCc2ccco2)cc1S(=O)(=O)NC(C)C. The highest BCUT2D eigenvalue weighted by Gasteiger charge is 2.22. The van der Waals surface area contributed by atoms with Crippen molar-refractivity contribution in [1.82, 2.24) is 10.0 Å². The first kappa shape index (κ1) is 18.0. The Kier molecular flexibility index (Phi) is 5.63. The van der Waals surface area contributed by atoms with Crippen molar-refractivity contribution in [3.8, 4) is 5.75 Å². The van der Waals surface area contributed by atoms with Crippen molar-refractivity contribution >= 4 is 15.9 Å². The molecule has 1 aromatic heterocycles. The van der Waals surface area contributed by atoms with Crippen LogP contribution in [0.4, 0.5) is 0 Å². The van der Waals surface area contributed by atoms with Gasteiger partial charge < -0.3 is 14.5 Å². The first-order valence-corrected chi connectivity index (χ1v) is 8.82. The van der Waals surface area contributed by atoms with E-state index in [1.54, 1.807) is 26.0 Å². The fourth-order valence-corrected chi connectivity index (χ4v) is 3.53. The van der Waals surface area contributed by atoms with Crippen LogP contribution in [0.3, 0.4) is 0 Å². The minimum Gasteiger partial charge on any atom is -0.495 e. The van der Waals surface area contributed by atoms with Crippen molar-refractivity contribution < 1.29 is 22.4 Å². The first-order chi connectivity index (χ1) is 11.3. The lowest BCUT2D eigenvalue weighted by molar-refractivity contribution is 0.0948. The highest BCUT2D eigenvalue weighted by molar-refractivity contribution is 7.89. The molecule has 0 atom stereocenters. The van der Waals surface area contributed by atoms with Crippen molar-refractivity contribution in [2.75, 3.05) is 7.11 Å². The standard InChI is InChI=1S/C16H20N2O5S/c1-11(2)18-24(20,21)15-9-12(6-7-14(15)22-3)16(19)17-10-13-5-4-8-23-13/h4-9,11,18H,10H2,1-3H3,(H,17,19). The van der Waals surface area contributed by atoms with Crippen LogP contribution < -0.4 is 14.8 Å². The summed E-state index contributed by atoms with van der Waals surface area (Å²) in [6, 6.07) is 7.42. The molecule has 24 heavy (non-hydrogen) atoms. The molecule has 0 unspecified atom stereocenters. The molecule has 130 valence electrons. The number of hydrogen-bond acceptors (Lipinski definition) is 5. The third kappa shape index (κ3) is 4.36. The van der Waals surface area contributed by atoms with Gasteiger partial charge in [-0.1, -0.05) is 0 Å². The van der Waals surface area contributed by atoms with Gasteiger partial charge in [0.25, 0.3) is 5.91 Å². The van der Waals surface area contributed by atoms with Gasteiger partial charge in [-0.25, -0.2) is 13.1 Å². The predicted molar refractivity (Wildman–Crippen MR) is 88.3 cm³/mol. The molecule has 2 aromatic rings. The van der Waals surface area contributed by atoms with Crippen molar-refractivity contribution in [3.05, 3.63) is 47.9 Å². The fourth-order valence-electron chi connectivity index (χ4n) is 2.08. The van der Waals surface area contributed by atoms with Crippen LogP contribution in [0.1, 0.15) is 30.0 Å². The number of nitrogens with one attached hydrogen (secondary N) is 2. The summed E-state index contributed by atoms with van der Waals surface area (Å²) < 4.78 is 37.5. The van der Waals surface area contributed by atoms with E-state index < -0.39 is 15.9 Å². The van der Waals surface area contributed by atoms with Crippen LogP contribution in [0.5, 0.6) is 5.75 Å². The summed E-state index contributed by atoms with van der Waals surface area (Å²) in [5, 5.41) is 2.67. The zero-order valence-electron chi connectivity index (χ0n) is 13.7. The van der Waals surface area contributed by atoms with E-state index in [-0.39, 0.29) is 28.8 Å². The normalized spacial score (nSPS) is 11.5. The molecule has 0 fully saturated rings. The second kappa shape index (κ2) is 7.50. The Morgan fingerprint density at radius 2 is 2.04 bits per heavy atom. The average Bonchev–Trinajstić information content (AvgIpc) is 3.04. The van der Waals surface area contributed by atoms with Crippen molar-refractivity contribution in [2.24, 2.45) is 0 Å². The van der Waals surface area contributed by atoms with Crippen LogP contribution in [0.2, 0.25) is 0 Å². The number of ether oxygens (including phenoxy) is 1. The molecule has 0 aliphatic heterocycles. The summed E-state index contributed by atoms with van der Waals surface area (Å²) in [4.78, 5) is 12.2. The summed E-state index contributed by atoms with van der Waals surface area (Å²) in [6.45, 7) is 3.64. The molecule has 1 aromatic carbocycles. The monoisotopic (exact) mass is 352 g/mol. The summed E-state index contributed by atoms with van der Waals surface area (Å²) >= 11 is 0. The molecule has 8 heteroatoms. The molecular formula is C16H20N2O5S. The van der Waals surface area contributed by atoms with Crippen molar-refractivity contribution in [1.29, 1.82) is 0 Å². The van der Waals surface area contributed by atoms with E-state index in [9.17, 15) is 13.2 Å². The molecule has 2 N–H and O–H groups in total. The highest BCUT2D eigenvalue weighted by atomic mass is 32.2. The smallest absolute Gasteiger partial charge is 0.251 e. The Bertz CT molecular complexity index is 798. The third-order valence-electron chi connectivity index (χ3n) is 3.11. The minimum atomic E-state index is -3.79. The number of furan rings is 1. The van der Waals surface area contributed by atoms with Gasteiger partial charge in [0.1, 0.15) is 16.4 Å². The van der Waals surface area contributed by atoms with Gasteiger partial charge in [-0.2, -0.15) is 0 Å². The van der Waals surface area contributed by atoms with Crippen LogP contribution in [-0.4, -0.2) is 27.5 Å². The topological polar surface area (TPSA) is 97.6 Å². The third-order valence-corrected chi connectivity index (χ3v) is 4.79. The minimum absolute atomic E-state index is 0.0793. The zero-order chi connectivity index (χ0) is 17.7. The summed E-state index contributed by atoms with van der Waals surface area (Å²) in [7, 11) is -2.41. The lowest BCUT2D eigenvalue weighted by atomic mass is 10.2. The lowest BCUT2D eigenvalue weighted by Gasteiger charge is -2.14. The van der Waals surface area contributed by atoms with E-state index in [4.69, 9.17) is 9.15 Å². The maximum atomic E-state index is 12.4. The van der Waals surface area contributed by atoms with Gasteiger partial charge in [0.15, 0.2) is 0 Å². The van der Waals surface area contributed by atoms with Gasteiger partial charge in [-0.05, 0) is 44.2 Å². The van der Waals surface area contributed by atoms with E-state index in [0.717, 1.165) is 0 Å². The summed E-state index contributed by atoms with van der Waals surface area (Å²) in [6.07, 6.45) is 1.51. The summed E-state index contributed by atoms with van der Waals surface area (Å²) in [5.74, 6) is 0.368. The molecule has 0 aliphatic rings. The Morgan fingerprint density at radius 1 is 1.29 bits per heavy atom. The fraction of sp³-hybridized carbons (Fsp3) is 0.312. The molecule has 2 rings (SSSR count). The number of rotatable bonds is 7. The molecule has 0 saturated heterocycles. The number of sulfonamides is 1. The maximum Gasteiger partial charge on any atom is 0.251 e. The number of methoxy groups -OCH3 is 1. The largest absolute Gasteiger partial charge is 0.495 e. The first-order valence-electron chi connectivity index (χ1n) is 7.34. The van der Waals surface area contributed by atoms with E-state index in [0.29, 0.717) is 5.76 Å². The number of amides is 1. The second-order valence-corrected chi connectivity index (χ2v) is 7.09. The van der Waals surface area contributed by atoms with Gasteiger partial charge >= 0.3 is 0 Å². The van der Waals surface area contributed by atoms with Crippen LogP contribution in [0, 0.1) is 0 Å². The van der Waals surface area contributed by atoms with Crippen LogP contribution in [-0.2, 0) is 16.6 Å². The van der Waals surface area contributed by atoms with Crippen LogP contribution in [0.25, 0.3) is 0 Å². The van der Waals surface area contributed by atoms with Gasteiger partial charge in [0.05, 0.1) is 19.9 Å². The zero-order valence-corrected chi connectivity index (χ0v) is 14.5. The van der Waals surface area contributed by atoms with Gasteiger partial charge in [0, 0.05) is 11.6 Å². The van der Waals surface area contributed by atoms with Crippen molar-refractivity contribution in [3.63, 3.8) is 0 Å². The Balaban J connectivity index is 2.25. The second-order valence-electron chi connectivity index (χ2n) is 5.40. The number of carbonyl (C=O) groups is 1. The molecule has 0 spiro atoms. The Labute approximate surface area is 141 Å². The number of carbonyl (C=O) groups excluding carboxylic acids is 1. The average molecular weight is 352 g/mol. The highest BCUT2D eigenvalue weighted by Crippen LogP contribution is 2.25. The van der Waals surface area contributed by atoms with Gasteiger partial charge in [-0.15, -0.1) is 0 Å². The number of hydrogen-bond donors (Lipinski definition) is 2. The van der Waals surface area contributed by atoms with E-state index in [1.807, 2.05) is 0 Å². The lowest BCUT2D eigenvalue weighted by Crippen LogP contribution is -2.31. The Hall–Kier alpha value is -2.32. The Morgan fingerprint density at radius 3 is 2.62 bits per heavy atom. The summed E-state index contributed by atoms with van der Waals surface area (Å²) in [5.41, 5.74) is 0.214. The van der Waals surface area contributed by atoms with E-state index in [2.05, 4.69) is 10.0 Å². The van der Waals surface area contributed by atoms with Crippen LogP contribution >= 0.6 is 0 Å². The molecule has 0 radical (unpaired) electrons. The molecule has 0 bridgehead atoms. The molecule has 7 nitrogen and oxygen atoms in total. The van der Waals surface area contributed by atoms with E-state index in [1.165, 1.54) is 31.6 Å². The van der Waals surface area contributed by atoms with Crippen LogP contribution in [0.15, 0.2) is 45.9 Å². The van der Waals surface area contributed by atoms with Gasteiger partial charge in [0.2, 0.25) is 10.0 Å². The molecule has 1 amide bonds. The molecule has 0 saturated carbocycles. The maximum absolute atomic E-state index is 12.4. The van der Waals surface area contributed by atoms with E-state index >= 15 is 0 Å². The quantitative estimate of drug-likeness (QED) is 0.793. The number of benzene rings is 1. The molecule has 1 heterocycles.